The van der Waals surface area contributed by atoms with Crippen molar-refractivity contribution in [2.75, 3.05) is 0 Å². The van der Waals surface area contributed by atoms with Crippen LogP contribution in [0.25, 0.3) is 5.69 Å². The molecule has 7 heteroatoms. The van der Waals surface area contributed by atoms with Crippen LogP contribution in [0.1, 0.15) is 18.5 Å². The van der Waals surface area contributed by atoms with Crippen molar-refractivity contribution in [3.63, 3.8) is 0 Å². The Balaban J connectivity index is 1.95. The summed E-state index contributed by atoms with van der Waals surface area (Å²) in [5.74, 6) is -1.48. The van der Waals surface area contributed by atoms with Crippen molar-refractivity contribution >= 4 is 11.6 Å². The lowest BCUT2D eigenvalue weighted by Gasteiger charge is -2.09. The van der Waals surface area contributed by atoms with Gasteiger partial charge in [0.1, 0.15) is 11.5 Å². The Bertz CT molecular complexity index is 587. The molecule has 1 heterocycles. The maximum Gasteiger partial charge on any atom is 0.153 e. The van der Waals surface area contributed by atoms with Crippen molar-refractivity contribution in [2.24, 2.45) is 0 Å². The lowest BCUT2D eigenvalue weighted by Crippen LogP contribution is -2.18. The van der Waals surface area contributed by atoms with Crippen LogP contribution in [-0.2, 0) is 6.54 Å². The second kappa shape index (κ2) is 4.86. The first kappa shape index (κ1) is 12.5. The number of nitrogens with one attached hydrogen (secondary N) is 1. The highest BCUT2D eigenvalue weighted by atomic mass is 35.5. The maximum atomic E-state index is 13.8. The molecule has 1 saturated carbocycles. The van der Waals surface area contributed by atoms with Crippen molar-refractivity contribution in [2.45, 2.75) is 25.4 Å². The van der Waals surface area contributed by atoms with E-state index in [-0.39, 0.29) is 10.7 Å². The molecule has 1 aromatic carbocycles. The lowest BCUT2D eigenvalue weighted by molar-refractivity contribution is 0.565. The van der Waals surface area contributed by atoms with Gasteiger partial charge in [-0.05, 0) is 18.9 Å². The van der Waals surface area contributed by atoms with E-state index in [1.54, 1.807) is 0 Å². The number of nitrogens with zero attached hydrogens (tertiary/aromatic N) is 3. The highest BCUT2D eigenvalue weighted by Gasteiger charge is 2.22. The van der Waals surface area contributed by atoms with Gasteiger partial charge in [0, 0.05) is 18.7 Å². The second-order valence-corrected chi connectivity index (χ2v) is 4.92. The molecule has 4 nitrogen and oxygen atoms in total. The third-order valence-electron chi connectivity index (χ3n) is 2.96. The van der Waals surface area contributed by atoms with Gasteiger partial charge in [-0.2, -0.15) is 0 Å². The summed E-state index contributed by atoms with van der Waals surface area (Å²) in [4.78, 5) is 0. The minimum Gasteiger partial charge on any atom is -0.308 e. The average Bonchev–Trinajstić information content (AvgIpc) is 3.06. The van der Waals surface area contributed by atoms with Gasteiger partial charge in [-0.15, -0.1) is 5.10 Å². The lowest BCUT2D eigenvalue weighted by atomic mass is 10.3. The molecule has 0 atom stereocenters. The number of rotatable bonds is 4. The molecule has 19 heavy (non-hydrogen) atoms. The van der Waals surface area contributed by atoms with Gasteiger partial charge in [-0.1, -0.05) is 16.8 Å². The van der Waals surface area contributed by atoms with Gasteiger partial charge in [-0.3, -0.25) is 0 Å². The van der Waals surface area contributed by atoms with Crippen LogP contribution in [0, 0.1) is 11.6 Å². The summed E-state index contributed by atoms with van der Waals surface area (Å²) in [6.07, 6.45) is 3.83. The Morgan fingerprint density at radius 1 is 1.37 bits per heavy atom. The van der Waals surface area contributed by atoms with E-state index in [0.29, 0.717) is 18.3 Å². The van der Waals surface area contributed by atoms with Crippen LogP contribution >= 0.6 is 11.6 Å². The minimum absolute atomic E-state index is 0.0214. The highest BCUT2D eigenvalue weighted by Crippen LogP contribution is 2.26. The first-order chi connectivity index (χ1) is 9.15. The predicted molar refractivity (Wildman–Crippen MR) is 66.1 cm³/mol. The SMILES string of the molecule is Fc1cc(F)c(-n2nncc2CNC2CC2)c(Cl)c1. The number of halogens is 3. The molecule has 2 aromatic rings. The zero-order valence-electron chi connectivity index (χ0n) is 9.91. The molecule has 0 saturated heterocycles. The summed E-state index contributed by atoms with van der Waals surface area (Å²) in [5, 5.41) is 10.8. The summed E-state index contributed by atoms with van der Waals surface area (Å²) in [7, 11) is 0. The molecule has 3 rings (SSSR count). The molecule has 0 aliphatic heterocycles. The predicted octanol–water partition coefficient (Wildman–Crippen LogP) is 2.45. The van der Waals surface area contributed by atoms with Crippen LogP contribution in [0.4, 0.5) is 8.78 Å². The zero-order chi connectivity index (χ0) is 13.4. The molecule has 1 N–H and O–H groups in total. The monoisotopic (exact) mass is 284 g/mol. The molecule has 0 radical (unpaired) electrons. The van der Waals surface area contributed by atoms with Crippen LogP contribution in [0.2, 0.25) is 5.02 Å². The summed E-state index contributed by atoms with van der Waals surface area (Å²) in [6.45, 7) is 0.519. The van der Waals surface area contributed by atoms with E-state index in [1.807, 2.05) is 0 Å². The number of aromatic nitrogens is 3. The van der Waals surface area contributed by atoms with Crippen LogP contribution in [0.3, 0.4) is 0 Å². The first-order valence-electron chi connectivity index (χ1n) is 5.93. The molecule has 1 fully saturated rings. The van der Waals surface area contributed by atoms with Crippen LogP contribution < -0.4 is 5.32 Å². The molecule has 1 aliphatic rings. The zero-order valence-corrected chi connectivity index (χ0v) is 10.7. The molecule has 0 unspecified atom stereocenters. The van der Waals surface area contributed by atoms with E-state index in [0.717, 1.165) is 25.0 Å². The average molecular weight is 285 g/mol. The van der Waals surface area contributed by atoms with Crippen molar-refractivity contribution in [1.82, 2.24) is 20.3 Å². The third kappa shape index (κ3) is 2.59. The van der Waals surface area contributed by atoms with Gasteiger partial charge in [0.15, 0.2) is 5.82 Å². The Morgan fingerprint density at radius 2 is 2.16 bits per heavy atom. The Labute approximate surface area is 113 Å². The van der Waals surface area contributed by atoms with E-state index in [9.17, 15) is 8.78 Å². The highest BCUT2D eigenvalue weighted by molar-refractivity contribution is 6.32. The van der Waals surface area contributed by atoms with Crippen molar-refractivity contribution < 1.29 is 8.78 Å². The molecule has 0 spiro atoms. The van der Waals surface area contributed by atoms with Crippen molar-refractivity contribution in [3.8, 4) is 5.69 Å². The number of hydrogen-bond donors (Lipinski definition) is 1. The summed E-state index contributed by atoms with van der Waals surface area (Å²) in [6, 6.07) is 2.35. The fourth-order valence-corrected chi connectivity index (χ4v) is 2.11. The molecular formula is C12H11ClF2N4. The van der Waals surface area contributed by atoms with Crippen LogP contribution in [-0.4, -0.2) is 21.0 Å². The summed E-state index contributed by atoms with van der Waals surface area (Å²) in [5.41, 5.74) is 0.701. The molecule has 100 valence electrons. The molecule has 0 amide bonds. The maximum absolute atomic E-state index is 13.8. The van der Waals surface area contributed by atoms with Gasteiger partial charge >= 0.3 is 0 Å². The van der Waals surface area contributed by atoms with E-state index in [2.05, 4.69) is 15.6 Å². The Kier molecular flexibility index (Phi) is 3.20. The van der Waals surface area contributed by atoms with Crippen LogP contribution in [0.15, 0.2) is 18.3 Å². The Morgan fingerprint density at radius 3 is 2.84 bits per heavy atom. The van der Waals surface area contributed by atoms with Gasteiger partial charge < -0.3 is 5.32 Å². The van der Waals surface area contributed by atoms with E-state index < -0.39 is 11.6 Å². The topological polar surface area (TPSA) is 42.7 Å². The standard InChI is InChI=1S/C12H11ClF2N4/c13-10-3-7(14)4-11(15)12(10)19-9(6-17-18-19)5-16-8-1-2-8/h3-4,6,8,16H,1-2,5H2. The normalized spacial score (nSPS) is 14.9. The van der Waals surface area contributed by atoms with Gasteiger partial charge in [0.2, 0.25) is 0 Å². The van der Waals surface area contributed by atoms with Gasteiger partial charge in [0.05, 0.1) is 16.9 Å². The summed E-state index contributed by atoms with van der Waals surface area (Å²) < 4.78 is 28.2. The second-order valence-electron chi connectivity index (χ2n) is 4.51. The van der Waals surface area contributed by atoms with E-state index >= 15 is 0 Å². The summed E-state index contributed by atoms with van der Waals surface area (Å²) >= 11 is 5.88. The minimum atomic E-state index is -0.761. The third-order valence-corrected chi connectivity index (χ3v) is 3.25. The van der Waals surface area contributed by atoms with Crippen LogP contribution in [0.5, 0.6) is 0 Å². The quantitative estimate of drug-likeness (QED) is 0.938. The van der Waals surface area contributed by atoms with E-state index in [1.165, 1.54) is 10.9 Å². The smallest absolute Gasteiger partial charge is 0.153 e. The molecule has 1 aliphatic carbocycles. The number of benzene rings is 1. The van der Waals surface area contributed by atoms with E-state index in [4.69, 9.17) is 11.6 Å². The molecule has 0 bridgehead atoms. The fraction of sp³-hybridized carbons (Fsp3) is 0.333. The molecular weight excluding hydrogens is 274 g/mol. The van der Waals surface area contributed by atoms with Crippen molar-refractivity contribution in [1.29, 1.82) is 0 Å². The fourth-order valence-electron chi connectivity index (χ4n) is 1.84. The van der Waals surface area contributed by atoms with Crippen molar-refractivity contribution in [3.05, 3.63) is 40.7 Å². The molecule has 1 aromatic heterocycles. The largest absolute Gasteiger partial charge is 0.308 e. The first-order valence-corrected chi connectivity index (χ1v) is 6.31. The van der Waals surface area contributed by atoms with Gasteiger partial charge in [0.25, 0.3) is 0 Å². The number of hydrogen-bond acceptors (Lipinski definition) is 3. The van der Waals surface area contributed by atoms with Gasteiger partial charge in [-0.25, -0.2) is 13.5 Å². The Hall–Kier alpha value is -1.53.